The highest BCUT2D eigenvalue weighted by Crippen LogP contribution is 2.34. The van der Waals surface area contributed by atoms with Gasteiger partial charge in [0.1, 0.15) is 5.56 Å². The Morgan fingerprint density at radius 3 is 2.43 bits per heavy atom. The predicted octanol–water partition coefficient (Wildman–Crippen LogP) is 4.10. The van der Waals surface area contributed by atoms with Crippen LogP contribution < -0.4 is 0 Å². The van der Waals surface area contributed by atoms with E-state index in [0.717, 1.165) is 10.7 Å². The standard InChI is InChI=1S/C16H17F3N2O2/c1-3-7-11-14(15(22)23)12(4-2)21(20-11)13-9-6-5-8-10(13)16(17,18)19/h5-6,8-9H,3-4,7H2,1-2H3,(H,22,23). The van der Waals surface area contributed by atoms with Gasteiger partial charge in [-0.15, -0.1) is 0 Å². The van der Waals surface area contributed by atoms with Crippen LogP contribution >= 0.6 is 0 Å². The second-order valence-corrected chi connectivity index (χ2v) is 5.10. The van der Waals surface area contributed by atoms with Gasteiger partial charge in [-0.2, -0.15) is 18.3 Å². The highest BCUT2D eigenvalue weighted by molar-refractivity contribution is 5.90. The number of para-hydroxylation sites is 1. The molecule has 0 radical (unpaired) electrons. The number of carbonyl (C=O) groups is 1. The monoisotopic (exact) mass is 326 g/mol. The molecule has 2 rings (SSSR count). The van der Waals surface area contributed by atoms with Crippen LogP contribution in [0.2, 0.25) is 0 Å². The lowest BCUT2D eigenvalue weighted by Gasteiger charge is -2.14. The van der Waals surface area contributed by atoms with E-state index < -0.39 is 17.7 Å². The van der Waals surface area contributed by atoms with Gasteiger partial charge in [0.2, 0.25) is 0 Å². The van der Waals surface area contributed by atoms with Crippen molar-refractivity contribution in [3.05, 3.63) is 46.8 Å². The number of hydrogen-bond donors (Lipinski definition) is 1. The van der Waals surface area contributed by atoms with Crippen molar-refractivity contribution in [3.63, 3.8) is 0 Å². The van der Waals surface area contributed by atoms with Crippen LogP contribution in [0, 0.1) is 0 Å². The summed E-state index contributed by atoms with van der Waals surface area (Å²) in [6.07, 6.45) is -3.22. The van der Waals surface area contributed by atoms with Gasteiger partial charge in [-0.1, -0.05) is 32.4 Å². The quantitative estimate of drug-likeness (QED) is 0.900. The Morgan fingerprint density at radius 2 is 1.91 bits per heavy atom. The lowest BCUT2D eigenvalue weighted by Crippen LogP contribution is -2.13. The SMILES string of the molecule is CCCc1nn(-c2ccccc2C(F)(F)F)c(CC)c1C(=O)O. The molecule has 0 saturated carbocycles. The first kappa shape index (κ1) is 17.1. The van der Waals surface area contributed by atoms with E-state index in [2.05, 4.69) is 5.10 Å². The summed E-state index contributed by atoms with van der Waals surface area (Å²) < 4.78 is 40.8. The zero-order valence-corrected chi connectivity index (χ0v) is 12.8. The summed E-state index contributed by atoms with van der Waals surface area (Å²) in [6.45, 7) is 3.56. The van der Waals surface area contributed by atoms with Crippen molar-refractivity contribution < 1.29 is 23.1 Å². The number of nitrogens with zero attached hydrogens (tertiary/aromatic N) is 2. The molecule has 7 heteroatoms. The van der Waals surface area contributed by atoms with Crippen LogP contribution in [0.3, 0.4) is 0 Å². The Labute approximate surface area is 131 Å². The van der Waals surface area contributed by atoms with E-state index in [0.29, 0.717) is 18.5 Å². The Morgan fingerprint density at radius 1 is 1.26 bits per heavy atom. The Hall–Kier alpha value is -2.31. The van der Waals surface area contributed by atoms with Crippen molar-refractivity contribution in [2.75, 3.05) is 0 Å². The fraction of sp³-hybridized carbons (Fsp3) is 0.375. The van der Waals surface area contributed by atoms with E-state index in [9.17, 15) is 23.1 Å². The average molecular weight is 326 g/mol. The molecule has 0 aliphatic carbocycles. The molecule has 0 saturated heterocycles. The Kier molecular flexibility index (Phi) is 4.77. The zero-order valence-electron chi connectivity index (χ0n) is 12.8. The van der Waals surface area contributed by atoms with E-state index in [1.165, 1.54) is 18.2 Å². The summed E-state index contributed by atoms with van der Waals surface area (Å²) in [6, 6.07) is 5.05. The van der Waals surface area contributed by atoms with Crippen LogP contribution in [-0.2, 0) is 19.0 Å². The minimum absolute atomic E-state index is 0.00586. The number of carboxylic acids is 1. The molecule has 0 amide bonds. The van der Waals surface area contributed by atoms with Crippen molar-refractivity contribution >= 4 is 5.97 Å². The van der Waals surface area contributed by atoms with Gasteiger partial charge in [0.15, 0.2) is 0 Å². The molecule has 0 atom stereocenters. The van der Waals surface area contributed by atoms with Gasteiger partial charge < -0.3 is 5.11 Å². The summed E-state index contributed by atoms with van der Waals surface area (Å²) in [5, 5.41) is 13.6. The van der Waals surface area contributed by atoms with Gasteiger partial charge >= 0.3 is 12.1 Å². The zero-order chi connectivity index (χ0) is 17.2. The van der Waals surface area contributed by atoms with E-state index in [4.69, 9.17) is 0 Å². The number of benzene rings is 1. The molecule has 0 aliphatic heterocycles. The van der Waals surface area contributed by atoms with Crippen molar-refractivity contribution in [3.8, 4) is 5.69 Å². The topological polar surface area (TPSA) is 55.1 Å². The van der Waals surface area contributed by atoms with Gasteiger partial charge in [-0.05, 0) is 25.0 Å². The largest absolute Gasteiger partial charge is 0.478 e. The smallest absolute Gasteiger partial charge is 0.418 e. The fourth-order valence-electron chi connectivity index (χ4n) is 2.59. The molecule has 2 aromatic rings. The second kappa shape index (κ2) is 6.44. The molecule has 0 spiro atoms. The predicted molar refractivity (Wildman–Crippen MR) is 78.9 cm³/mol. The molecule has 4 nitrogen and oxygen atoms in total. The van der Waals surface area contributed by atoms with Crippen molar-refractivity contribution in [2.24, 2.45) is 0 Å². The molecule has 1 aromatic heterocycles. The number of hydrogen-bond acceptors (Lipinski definition) is 2. The normalized spacial score (nSPS) is 11.7. The van der Waals surface area contributed by atoms with Gasteiger partial charge in [0, 0.05) is 0 Å². The van der Waals surface area contributed by atoms with Crippen molar-refractivity contribution in [2.45, 2.75) is 39.3 Å². The van der Waals surface area contributed by atoms with Crippen LogP contribution in [0.4, 0.5) is 13.2 Å². The van der Waals surface area contributed by atoms with E-state index >= 15 is 0 Å². The van der Waals surface area contributed by atoms with Crippen LogP contribution in [0.1, 0.15) is 47.6 Å². The molecule has 124 valence electrons. The Balaban J connectivity index is 2.75. The van der Waals surface area contributed by atoms with Gasteiger partial charge in [0.25, 0.3) is 0 Å². The molecular formula is C16H17F3N2O2. The maximum atomic E-state index is 13.2. The van der Waals surface area contributed by atoms with Crippen LogP contribution in [0.5, 0.6) is 0 Å². The molecule has 0 unspecified atom stereocenters. The fourth-order valence-corrected chi connectivity index (χ4v) is 2.59. The molecule has 1 heterocycles. The summed E-state index contributed by atoms with van der Waals surface area (Å²) in [5.41, 5.74) is -0.392. The van der Waals surface area contributed by atoms with Crippen molar-refractivity contribution in [1.29, 1.82) is 0 Å². The summed E-state index contributed by atoms with van der Waals surface area (Å²) >= 11 is 0. The van der Waals surface area contributed by atoms with Crippen LogP contribution in [0.15, 0.2) is 24.3 Å². The number of halogens is 3. The van der Waals surface area contributed by atoms with E-state index in [1.54, 1.807) is 6.92 Å². The van der Waals surface area contributed by atoms with Crippen molar-refractivity contribution in [1.82, 2.24) is 9.78 Å². The Bertz CT molecular complexity index is 721. The summed E-state index contributed by atoms with van der Waals surface area (Å²) in [7, 11) is 0. The van der Waals surface area contributed by atoms with E-state index in [-0.39, 0.29) is 23.4 Å². The number of aromatic carboxylic acids is 1. The summed E-state index contributed by atoms with van der Waals surface area (Å²) in [4.78, 5) is 11.5. The van der Waals surface area contributed by atoms with Gasteiger partial charge in [0.05, 0.1) is 22.6 Å². The molecule has 0 fully saturated rings. The number of aryl methyl sites for hydroxylation is 1. The minimum Gasteiger partial charge on any atom is -0.478 e. The number of carboxylic acid groups (broad SMARTS) is 1. The number of rotatable bonds is 5. The molecular weight excluding hydrogens is 309 g/mol. The number of aromatic nitrogens is 2. The highest BCUT2D eigenvalue weighted by Gasteiger charge is 2.35. The number of alkyl halides is 3. The first-order valence-electron chi connectivity index (χ1n) is 7.31. The molecule has 1 N–H and O–H groups in total. The molecule has 0 bridgehead atoms. The third kappa shape index (κ3) is 3.23. The van der Waals surface area contributed by atoms with Gasteiger partial charge in [-0.3, -0.25) is 0 Å². The van der Waals surface area contributed by atoms with E-state index in [1.807, 2.05) is 6.92 Å². The average Bonchev–Trinajstić information content (AvgIpc) is 2.85. The molecule has 23 heavy (non-hydrogen) atoms. The highest BCUT2D eigenvalue weighted by atomic mass is 19.4. The lowest BCUT2D eigenvalue weighted by atomic mass is 10.1. The minimum atomic E-state index is -4.54. The lowest BCUT2D eigenvalue weighted by molar-refractivity contribution is -0.137. The second-order valence-electron chi connectivity index (χ2n) is 5.10. The van der Waals surface area contributed by atoms with Crippen LogP contribution in [0.25, 0.3) is 5.69 Å². The maximum absolute atomic E-state index is 13.2. The molecule has 0 aliphatic rings. The van der Waals surface area contributed by atoms with Crippen LogP contribution in [-0.4, -0.2) is 20.9 Å². The first-order chi connectivity index (χ1) is 10.8. The molecule has 1 aromatic carbocycles. The third-order valence-electron chi connectivity index (χ3n) is 3.53. The third-order valence-corrected chi connectivity index (χ3v) is 3.53. The first-order valence-corrected chi connectivity index (χ1v) is 7.31. The van der Waals surface area contributed by atoms with Gasteiger partial charge in [-0.25, -0.2) is 9.48 Å². The maximum Gasteiger partial charge on any atom is 0.418 e. The summed E-state index contributed by atoms with van der Waals surface area (Å²) in [5.74, 6) is -1.17.